The van der Waals surface area contributed by atoms with Crippen molar-refractivity contribution >= 4 is 0 Å². The van der Waals surface area contributed by atoms with Crippen LogP contribution in [0.2, 0.25) is 0 Å². The first kappa shape index (κ1) is 14.7. The van der Waals surface area contributed by atoms with Crippen LogP contribution in [0.1, 0.15) is 37.9 Å². The Kier molecular flexibility index (Phi) is 4.91. The number of nitrogens with one attached hydrogen (secondary N) is 1. The maximum atomic E-state index is 13.1. The van der Waals surface area contributed by atoms with Crippen LogP contribution in [0, 0.1) is 11.7 Å². The Morgan fingerprint density at radius 2 is 1.35 bits per heavy atom. The van der Waals surface area contributed by atoms with Crippen LogP contribution in [-0.2, 0) is 0 Å². The summed E-state index contributed by atoms with van der Waals surface area (Å²) >= 11 is 0. The maximum absolute atomic E-state index is 13.1. The van der Waals surface area contributed by atoms with Crippen molar-refractivity contribution in [1.82, 2.24) is 5.32 Å². The van der Waals surface area contributed by atoms with Gasteiger partial charge < -0.3 is 5.32 Å². The summed E-state index contributed by atoms with van der Waals surface area (Å²) in [6.07, 6.45) is 0. The first-order valence-electron chi connectivity index (χ1n) is 7.14. The lowest BCUT2D eigenvalue weighted by Crippen LogP contribution is -2.34. The standard InChI is InChI=1S/C18H22FN/c1-13(2)14(3)20-18(15-7-5-4-6-8-15)16-9-11-17(19)12-10-16/h4-14,18,20H,1-3H3. The molecular formula is C18H22FN. The summed E-state index contributed by atoms with van der Waals surface area (Å²) in [4.78, 5) is 0. The van der Waals surface area contributed by atoms with E-state index >= 15 is 0 Å². The van der Waals surface area contributed by atoms with Crippen molar-refractivity contribution in [1.29, 1.82) is 0 Å². The van der Waals surface area contributed by atoms with Gasteiger partial charge in [0.15, 0.2) is 0 Å². The molecule has 0 amide bonds. The molecule has 0 aliphatic rings. The molecule has 0 bridgehead atoms. The molecule has 2 atom stereocenters. The van der Waals surface area contributed by atoms with E-state index in [2.05, 4.69) is 38.2 Å². The molecule has 0 saturated carbocycles. The summed E-state index contributed by atoms with van der Waals surface area (Å²) in [5.74, 6) is 0.346. The summed E-state index contributed by atoms with van der Waals surface area (Å²) in [6, 6.07) is 17.5. The molecule has 0 radical (unpaired) electrons. The summed E-state index contributed by atoms with van der Waals surface area (Å²) in [5, 5.41) is 3.65. The van der Waals surface area contributed by atoms with Crippen LogP contribution in [0.15, 0.2) is 54.6 Å². The second-order valence-electron chi connectivity index (χ2n) is 5.59. The van der Waals surface area contributed by atoms with E-state index in [1.807, 2.05) is 30.3 Å². The minimum Gasteiger partial charge on any atom is -0.303 e. The Labute approximate surface area is 120 Å². The van der Waals surface area contributed by atoms with Crippen molar-refractivity contribution in [3.63, 3.8) is 0 Å². The third kappa shape index (κ3) is 3.67. The van der Waals surface area contributed by atoms with Gasteiger partial charge >= 0.3 is 0 Å². The summed E-state index contributed by atoms with van der Waals surface area (Å²) < 4.78 is 13.1. The van der Waals surface area contributed by atoms with Gasteiger partial charge in [-0.3, -0.25) is 0 Å². The lowest BCUT2D eigenvalue weighted by Gasteiger charge is -2.26. The van der Waals surface area contributed by atoms with E-state index in [-0.39, 0.29) is 11.9 Å². The molecule has 0 heterocycles. The van der Waals surface area contributed by atoms with Gasteiger partial charge in [-0.15, -0.1) is 0 Å². The molecule has 1 nitrogen and oxygen atoms in total. The normalized spacial score (nSPS) is 14.2. The number of halogens is 1. The Hall–Kier alpha value is -1.67. The van der Waals surface area contributed by atoms with Crippen molar-refractivity contribution in [2.75, 3.05) is 0 Å². The largest absolute Gasteiger partial charge is 0.303 e. The Morgan fingerprint density at radius 3 is 1.90 bits per heavy atom. The van der Waals surface area contributed by atoms with Crippen molar-refractivity contribution in [3.05, 3.63) is 71.5 Å². The molecule has 0 saturated heterocycles. The lowest BCUT2D eigenvalue weighted by molar-refractivity contribution is 0.399. The first-order chi connectivity index (χ1) is 9.58. The molecule has 106 valence electrons. The van der Waals surface area contributed by atoms with Crippen LogP contribution >= 0.6 is 0 Å². The van der Waals surface area contributed by atoms with E-state index in [0.717, 1.165) is 5.56 Å². The predicted molar refractivity (Wildman–Crippen MR) is 82.1 cm³/mol. The van der Waals surface area contributed by atoms with Crippen molar-refractivity contribution in [2.45, 2.75) is 32.9 Å². The van der Waals surface area contributed by atoms with E-state index in [1.54, 1.807) is 0 Å². The molecule has 2 heteroatoms. The first-order valence-corrected chi connectivity index (χ1v) is 7.14. The highest BCUT2D eigenvalue weighted by atomic mass is 19.1. The molecule has 0 aliphatic carbocycles. The minimum absolute atomic E-state index is 0.0919. The molecule has 0 fully saturated rings. The van der Waals surface area contributed by atoms with Crippen LogP contribution in [0.5, 0.6) is 0 Å². The Bertz CT molecular complexity index is 519. The zero-order chi connectivity index (χ0) is 14.5. The highest BCUT2D eigenvalue weighted by Gasteiger charge is 2.18. The molecule has 2 aromatic rings. The molecular weight excluding hydrogens is 249 g/mol. The van der Waals surface area contributed by atoms with Crippen LogP contribution in [0.25, 0.3) is 0 Å². The van der Waals surface area contributed by atoms with Crippen LogP contribution < -0.4 is 5.32 Å². The average Bonchev–Trinajstić information content (AvgIpc) is 2.46. The molecule has 0 spiro atoms. The molecule has 2 unspecified atom stereocenters. The highest BCUT2D eigenvalue weighted by Crippen LogP contribution is 2.23. The van der Waals surface area contributed by atoms with E-state index in [9.17, 15) is 4.39 Å². The van der Waals surface area contributed by atoms with Crippen LogP contribution in [0.3, 0.4) is 0 Å². The zero-order valence-corrected chi connectivity index (χ0v) is 12.3. The van der Waals surface area contributed by atoms with E-state index < -0.39 is 0 Å². The second-order valence-corrected chi connectivity index (χ2v) is 5.59. The lowest BCUT2D eigenvalue weighted by atomic mass is 9.96. The van der Waals surface area contributed by atoms with Gasteiger partial charge in [-0.2, -0.15) is 0 Å². The number of benzene rings is 2. The fourth-order valence-corrected chi connectivity index (χ4v) is 2.14. The van der Waals surface area contributed by atoms with Crippen molar-refractivity contribution < 1.29 is 4.39 Å². The average molecular weight is 271 g/mol. The topological polar surface area (TPSA) is 12.0 Å². The van der Waals surface area contributed by atoms with Crippen molar-refractivity contribution in [3.8, 4) is 0 Å². The molecule has 1 N–H and O–H groups in total. The Morgan fingerprint density at radius 1 is 0.800 bits per heavy atom. The smallest absolute Gasteiger partial charge is 0.123 e. The van der Waals surface area contributed by atoms with Gasteiger partial charge in [0.1, 0.15) is 5.82 Å². The number of hydrogen-bond donors (Lipinski definition) is 1. The Balaban J connectivity index is 2.31. The van der Waals surface area contributed by atoms with E-state index in [1.165, 1.54) is 17.7 Å². The van der Waals surface area contributed by atoms with E-state index in [4.69, 9.17) is 0 Å². The number of hydrogen-bond acceptors (Lipinski definition) is 1. The minimum atomic E-state index is -0.197. The number of rotatable bonds is 5. The fraction of sp³-hybridized carbons (Fsp3) is 0.333. The van der Waals surface area contributed by atoms with Crippen LogP contribution in [-0.4, -0.2) is 6.04 Å². The third-order valence-corrected chi connectivity index (χ3v) is 3.77. The maximum Gasteiger partial charge on any atom is 0.123 e. The molecule has 2 aromatic carbocycles. The predicted octanol–water partition coefficient (Wildman–Crippen LogP) is 4.55. The van der Waals surface area contributed by atoms with Crippen molar-refractivity contribution in [2.24, 2.45) is 5.92 Å². The van der Waals surface area contributed by atoms with Gasteiger partial charge in [0.05, 0.1) is 6.04 Å². The van der Waals surface area contributed by atoms with Gasteiger partial charge in [-0.05, 0) is 36.1 Å². The van der Waals surface area contributed by atoms with Crippen LogP contribution in [0.4, 0.5) is 4.39 Å². The highest BCUT2D eigenvalue weighted by molar-refractivity contribution is 5.32. The molecule has 20 heavy (non-hydrogen) atoms. The van der Waals surface area contributed by atoms with Gasteiger partial charge in [0.25, 0.3) is 0 Å². The zero-order valence-electron chi connectivity index (χ0n) is 12.3. The third-order valence-electron chi connectivity index (χ3n) is 3.77. The summed E-state index contributed by atoms with van der Waals surface area (Å²) in [5.41, 5.74) is 2.29. The SMILES string of the molecule is CC(C)C(C)NC(c1ccccc1)c1ccc(F)cc1. The fourth-order valence-electron chi connectivity index (χ4n) is 2.14. The monoisotopic (exact) mass is 271 g/mol. The van der Waals surface area contributed by atoms with Gasteiger partial charge in [0, 0.05) is 6.04 Å². The molecule has 2 rings (SSSR count). The second kappa shape index (κ2) is 6.67. The summed E-state index contributed by atoms with van der Waals surface area (Å²) in [6.45, 7) is 6.58. The molecule has 0 aromatic heterocycles. The molecule has 0 aliphatic heterocycles. The van der Waals surface area contributed by atoms with Gasteiger partial charge in [0.2, 0.25) is 0 Å². The van der Waals surface area contributed by atoms with Gasteiger partial charge in [-0.1, -0.05) is 56.3 Å². The van der Waals surface area contributed by atoms with Gasteiger partial charge in [-0.25, -0.2) is 4.39 Å². The quantitative estimate of drug-likeness (QED) is 0.841. The van der Waals surface area contributed by atoms with E-state index in [0.29, 0.717) is 12.0 Å². The summed E-state index contributed by atoms with van der Waals surface area (Å²) in [7, 11) is 0.